The Bertz CT molecular complexity index is 1530. The maximum atomic E-state index is 13.3. The topological polar surface area (TPSA) is 80.3 Å². The van der Waals surface area contributed by atoms with Crippen LogP contribution in [0, 0.1) is 5.92 Å². The van der Waals surface area contributed by atoms with Crippen LogP contribution in [0.4, 0.5) is 0 Å². The summed E-state index contributed by atoms with van der Waals surface area (Å²) in [5, 5.41) is 0. The Morgan fingerprint density at radius 2 is 1.26 bits per heavy atom. The Balaban J connectivity index is 1.62. The first-order valence-electron chi connectivity index (χ1n) is 16.4. The van der Waals surface area contributed by atoms with Crippen LogP contribution >= 0.6 is 0 Å². The molecular formula is C40H46O7. The highest BCUT2D eigenvalue weighted by Gasteiger charge is 2.26. The van der Waals surface area contributed by atoms with E-state index in [1.165, 1.54) is 5.56 Å². The summed E-state index contributed by atoms with van der Waals surface area (Å²) in [6, 6.07) is 31.6. The van der Waals surface area contributed by atoms with E-state index in [1.807, 2.05) is 80.6 Å². The molecule has 7 heteroatoms. The van der Waals surface area contributed by atoms with Crippen molar-refractivity contribution < 1.29 is 33.3 Å². The second-order valence-electron chi connectivity index (χ2n) is 11.4. The number of esters is 1. The largest absolute Gasteiger partial charge is 0.488 e. The van der Waals surface area contributed by atoms with Gasteiger partial charge in [0.05, 0.1) is 19.8 Å². The molecule has 0 aliphatic heterocycles. The molecule has 4 aromatic rings. The molecule has 0 spiro atoms. The molecule has 0 aromatic heterocycles. The number of hydrogen-bond acceptors (Lipinski definition) is 7. The van der Waals surface area contributed by atoms with Crippen molar-refractivity contribution in [3.05, 3.63) is 136 Å². The Morgan fingerprint density at radius 3 is 1.85 bits per heavy atom. The fraction of sp³-hybridized carbons (Fsp3) is 0.350. The number of carbonyl (C=O) groups is 2. The molecule has 248 valence electrons. The third-order valence-corrected chi connectivity index (χ3v) is 7.67. The van der Waals surface area contributed by atoms with Crippen molar-refractivity contribution in [3.63, 3.8) is 0 Å². The SMILES string of the molecule is CCOC(=O)C(=O)c1ccc(CC(C)Cc2ccc(C(OCC)OCC)cc2)c(OCc2ccccc2)c1COCc1ccccc1. The van der Waals surface area contributed by atoms with Crippen molar-refractivity contribution in [3.8, 4) is 5.75 Å². The Labute approximate surface area is 278 Å². The standard InChI is InChI=1S/C40H46O7/c1-5-44-39(42)37(41)35-23-22-34(25-29(4)24-30-18-20-33(21-19-30)40(45-6-2)46-7-3)38(47-27-32-16-12-9-13-17-32)36(35)28-43-26-31-14-10-8-11-15-31/h8-23,29,40H,5-7,24-28H2,1-4H3. The van der Waals surface area contributed by atoms with E-state index >= 15 is 0 Å². The van der Waals surface area contributed by atoms with Gasteiger partial charge >= 0.3 is 5.97 Å². The molecule has 0 aliphatic carbocycles. The number of hydrogen-bond donors (Lipinski definition) is 0. The monoisotopic (exact) mass is 638 g/mol. The second-order valence-corrected chi connectivity index (χ2v) is 11.4. The summed E-state index contributed by atoms with van der Waals surface area (Å²) >= 11 is 0. The predicted octanol–water partition coefficient (Wildman–Crippen LogP) is 8.22. The van der Waals surface area contributed by atoms with Crippen molar-refractivity contribution in [2.45, 2.75) is 66.6 Å². The van der Waals surface area contributed by atoms with Gasteiger partial charge in [0.2, 0.25) is 0 Å². The van der Waals surface area contributed by atoms with Crippen LogP contribution in [0.5, 0.6) is 5.75 Å². The van der Waals surface area contributed by atoms with Gasteiger partial charge in [0.15, 0.2) is 6.29 Å². The third kappa shape index (κ3) is 10.6. The van der Waals surface area contributed by atoms with Crippen molar-refractivity contribution in [2.75, 3.05) is 19.8 Å². The molecule has 47 heavy (non-hydrogen) atoms. The zero-order valence-electron chi connectivity index (χ0n) is 27.9. The zero-order chi connectivity index (χ0) is 33.4. The average molecular weight is 639 g/mol. The van der Waals surface area contributed by atoms with E-state index in [2.05, 4.69) is 31.2 Å². The summed E-state index contributed by atoms with van der Waals surface area (Å²) in [5.74, 6) is -0.812. The highest BCUT2D eigenvalue weighted by atomic mass is 16.7. The lowest BCUT2D eigenvalue weighted by Crippen LogP contribution is -2.20. The molecule has 0 saturated carbocycles. The molecule has 0 amide bonds. The minimum Gasteiger partial charge on any atom is -0.488 e. The Hall–Kier alpha value is -4.30. The number of Topliss-reactive ketones (excluding diaryl/α,β-unsaturated/α-hetero) is 1. The Morgan fingerprint density at radius 1 is 0.638 bits per heavy atom. The zero-order valence-corrected chi connectivity index (χ0v) is 27.9. The lowest BCUT2D eigenvalue weighted by molar-refractivity contribution is -0.140. The van der Waals surface area contributed by atoms with Crippen LogP contribution in [0.1, 0.15) is 77.7 Å². The predicted molar refractivity (Wildman–Crippen MR) is 182 cm³/mol. The van der Waals surface area contributed by atoms with Crippen molar-refractivity contribution in [2.24, 2.45) is 5.92 Å². The smallest absolute Gasteiger partial charge is 0.379 e. The maximum Gasteiger partial charge on any atom is 0.379 e. The normalized spacial score (nSPS) is 11.8. The van der Waals surface area contributed by atoms with Crippen LogP contribution in [-0.2, 0) is 56.4 Å². The summed E-state index contributed by atoms with van der Waals surface area (Å²) in [4.78, 5) is 26.0. The molecule has 7 nitrogen and oxygen atoms in total. The number of carbonyl (C=O) groups excluding carboxylic acids is 2. The quantitative estimate of drug-likeness (QED) is 0.0443. The van der Waals surface area contributed by atoms with Crippen LogP contribution in [0.2, 0.25) is 0 Å². The van der Waals surface area contributed by atoms with Crippen LogP contribution in [0.15, 0.2) is 97.1 Å². The number of ether oxygens (including phenoxy) is 5. The summed E-state index contributed by atoms with van der Waals surface area (Å²) in [5.41, 5.74) is 5.89. The van der Waals surface area contributed by atoms with E-state index in [-0.39, 0.29) is 31.0 Å². The third-order valence-electron chi connectivity index (χ3n) is 7.67. The van der Waals surface area contributed by atoms with Gasteiger partial charge in [0, 0.05) is 29.9 Å². The van der Waals surface area contributed by atoms with Gasteiger partial charge < -0.3 is 23.7 Å². The first-order chi connectivity index (χ1) is 22.9. The molecule has 0 N–H and O–H groups in total. The fourth-order valence-corrected chi connectivity index (χ4v) is 5.46. The summed E-state index contributed by atoms with van der Waals surface area (Å²) in [6.45, 7) is 9.77. The molecule has 4 rings (SSSR count). The van der Waals surface area contributed by atoms with E-state index in [0.717, 1.165) is 28.7 Å². The summed E-state index contributed by atoms with van der Waals surface area (Å²) in [6.07, 6.45) is 1.14. The molecular weight excluding hydrogens is 592 g/mol. The van der Waals surface area contributed by atoms with E-state index in [4.69, 9.17) is 23.7 Å². The molecule has 0 heterocycles. The lowest BCUT2D eigenvalue weighted by Gasteiger charge is -2.21. The van der Waals surface area contributed by atoms with Crippen LogP contribution in [0.3, 0.4) is 0 Å². The van der Waals surface area contributed by atoms with E-state index < -0.39 is 11.8 Å². The first-order valence-corrected chi connectivity index (χ1v) is 16.4. The first kappa shape index (κ1) is 35.6. The van der Waals surface area contributed by atoms with Gasteiger partial charge in [-0.15, -0.1) is 0 Å². The van der Waals surface area contributed by atoms with Crippen LogP contribution in [0.25, 0.3) is 0 Å². The van der Waals surface area contributed by atoms with Gasteiger partial charge in [0.1, 0.15) is 12.4 Å². The Kier molecular flexibility index (Phi) is 14.2. The minimum atomic E-state index is -0.897. The van der Waals surface area contributed by atoms with E-state index in [0.29, 0.717) is 44.2 Å². The minimum absolute atomic E-state index is 0.0873. The molecule has 0 aliphatic rings. The van der Waals surface area contributed by atoms with Crippen LogP contribution in [-0.4, -0.2) is 31.6 Å². The average Bonchev–Trinajstić information content (AvgIpc) is 3.09. The number of benzene rings is 4. The van der Waals surface area contributed by atoms with Gasteiger partial charge in [-0.05, 0) is 67.9 Å². The van der Waals surface area contributed by atoms with Gasteiger partial charge in [0.25, 0.3) is 5.78 Å². The molecule has 0 radical (unpaired) electrons. The summed E-state index contributed by atoms with van der Waals surface area (Å²) < 4.78 is 29.3. The highest BCUT2D eigenvalue weighted by Crippen LogP contribution is 2.33. The molecule has 0 fully saturated rings. The summed E-state index contributed by atoms with van der Waals surface area (Å²) in [7, 11) is 0. The second kappa shape index (κ2) is 18.7. The molecule has 4 aromatic carbocycles. The van der Waals surface area contributed by atoms with Crippen molar-refractivity contribution >= 4 is 11.8 Å². The van der Waals surface area contributed by atoms with Gasteiger partial charge in [-0.1, -0.05) is 97.9 Å². The molecule has 1 atom stereocenters. The van der Waals surface area contributed by atoms with Gasteiger partial charge in [-0.2, -0.15) is 0 Å². The molecule has 0 bridgehead atoms. The van der Waals surface area contributed by atoms with E-state index in [1.54, 1.807) is 13.0 Å². The fourth-order valence-electron chi connectivity index (χ4n) is 5.46. The number of ketones is 1. The highest BCUT2D eigenvalue weighted by molar-refractivity contribution is 6.41. The van der Waals surface area contributed by atoms with Gasteiger partial charge in [-0.3, -0.25) is 4.79 Å². The number of rotatable bonds is 19. The van der Waals surface area contributed by atoms with Crippen molar-refractivity contribution in [1.82, 2.24) is 0 Å². The van der Waals surface area contributed by atoms with E-state index in [9.17, 15) is 9.59 Å². The van der Waals surface area contributed by atoms with Gasteiger partial charge in [-0.25, -0.2) is 4.79 Å². The maximum absolute atomic E-state index is 13.3. The molecule has 0 saturated heterocycles. The van der Waals surface area contributed by atoms with Crippen LogP contribution < -0.4 is 4.74 Å². The lowest BCUT2D eigenvalue weighted by atomic mass is 9.90. The van der Waals surface area contributed by atoms with Crippen molar-refractivity contribution in [1.29, 1.82) is 0 Å². The molecule has 1 unspecified atom stereocenters.